The Morgan fingerprint density at radius 1 is 1.26 bits per heavy atom. The number of nitrogens with zero attached hydrogens (tertiary/aromatic N) is 2. The van der Waals surface area contributed by atoms with Crippen LogP contribution in [0.2, 0.25) is 0 Å². The zero-order valence-corrected chi connectivity index (χ0v) is 15.4. The Balaban J connectivity index is 1.99. The summed E-state index contributed by atoms with van der Waals surface area (Å²) in [6.45, 7) is 9.20. The van der Waals surface area contributed by atoms with Crippen LogP contribution >= 0.6 is 0 Å². The molecule has 2 amide bonds. The van der Waals surface area contributed by atoms with Crippen LogP contribution in [0.25, 0.3) is 6.08 Å². The van der Waals surface area contributed by atoms with Crippen LogP contribution in [0.3, 0.4) is 0 Å². The molecular formula is C19H21F3N2O3. The Morgan fingerprint density at radius 2 is 1.93 bits per heavy atom. The lowest BCUT2D eigenvalue weighted by Crippen LogP contribution is -2.50. The van der Waals surface area contributed by atoms with Gasteiger partial charge in [-0.05, 0) is 44.0 Å². The topological polar surface area (TPSA) is 49.9 Å². The second-order valence-electron chi connectivity index (χ2n) is 7.68. The monoisotopic (exact) mass is 382 g/mol. The molecule has 1 fully saturated rings. The Labute approximate surface area is 155 Å². The third-order valence-electron chi connectivity index (χ3n) is 4.60. The number of hydrogen-bond acceptors (Lipinski definition) is 3. The van der Waals surface area contributed by atoms with Crippen LogP contribution in [-0.2, 0) is 10.9 Å². The van der Waals surface area contributed by atoms with Gasteiger partial charge in [0.05, 0.1) is 17.2 Å². The number of amides is 2. The van der Waals surface area contributed by atoms with Crippen molar-refractivity contribution in [3.8, 4) is 0 Å². The third-order valence-corrected chi connectivity index (χ3v) is 4.60. The summed E-state index contributed by atoms with van der Waals surface area (Å²) >= 11 is 0. The van der Waals surface area contributed by atoms with E-state index in [0.29, 0.717) is 0 Å². The summed E-state index contributed by atoms with van der Waals surface area (Å²) in [7, 11) is 0. The number of carbonyl (C=O) groups is 2. The predicted molar refractivity (Wildman–Crippen MR) is 93.1 cm³/mol. The van der Waals surface area contributed by atoms with Gasteiger partial charge in [-0.25, -0.2) is 4.79 Å². The first-order valence-corrected chi connectivity index (χ1v) is 8.59. The smallest absolute Gasteiger partial charge is 0.417 e. The Kier molecular flexibility index (Phi) is 4.48. The molecule has 3 rings (SSSR count). The summed E-state index contributed by atoms with van der Waals surface area (Å²) in [5.41, 5.74) is -1.41. The van der Waals surface area contributed by atoms with Crippen LogP contribution in [0.4, 0.5) is 18.0 Å². The van der Waals surface area contributed by atoms with Crippen molar-refractivity contribution >= 4 is 18.1 Å². The molecule has 1 saturated heterocycles. The zero-order chi connectivity index (χ0) is 20.1. The number of alkyl halides is 3. The van der Waals surface area contributed by atoms with E-state index in [-0.39, 0.29) is 36.3 Å². The van der Waals surface area contributed by atoms with Crippen molar-refractivity contribution in [2.24, 2.45) is 0 Å². The molecule has 2 heterocycles. The number of fused-ring (bicyclic) bond motifs is 3. The molecule has 0 radical (unpaired) electrons. The molecule has 8 heteroatoms. The summed E-state index contributed by atoms with van der Waals surface area (Å²) in [6.07, 6.45) is -3.88. The van der Waals surface area contributed by atoms with Crippen molar-refractivity contribution in [2.45, 2.75) is 38.6 Å². The van der Waals surface area contributed by atoms with Gasteiger partial charge in [-0.2, -0.15) is 13.2 Å². The SMILES string of the molecule is C=Cc1cc2c(c(C(F)(F)F)c1)C(=O)N1CCN(C(=O)OC(C)(C)C)C[C@@H]21. The number of benzene rings is 1. The average molecular weight is 382 g/mol. The van der Waals surface area contributed by atoms with Crippen molar-refractivity contribution in [3.63, 3.8) is 0 Å². The number of ether oxygens (including phenoxy) is 1. The average Bonchev–Trinajstić information content (AvgIpc) is 2.84. The van der Waals surface area contributed by atoms with Gasteiger partial charge >= 0.3 is 12.3 Å². The highest BCUT2D eigenvalue weighted by Gasteiger charge is 2.47. The summed E-state index contributed by atoms with van der Waals surface area (Å²) in [6, 6.07) is 1.85. The standard InChI is InChI=1S/C19H21F3N2O3/c1-5-11-8-12-14-10-23(17(26)27-18(2,3)4)6-7-24(14)16(25)15(12)13(9-11)19(20,21)22/h5,8-9,14H,1,6-7,10H2,2-4H3/t14-/m0/s1. The van der Waals surface area contributed by atoms with Crippen LogP contribution < -0.4 is 0 Å². The number of carbonyl (C=O) groups excluding carboxylic acids is 2. The molecule has 1 aromatic carbocycles. The molecule has 2 aliphatic rings. The van der Waals surface area contributed by atoms with Crippen LogP contribution in [0.1, 0.15) is 53.9 Å². The Bertz CT molecular complexity index is 812. The first-order chi connectivity index (χ1) is 12.4. The second-order valence-corrected chi connectivity index (χ2v) is 7.68. The van der Waals surface area contributed by atoms with Gasteiger partial charge in [0.1, 0.15) is 5.60 Å². The zero-order valence-electron chi connectivity index (χ0n) is 15.4. The lowest BCUT2D eigenvalue weighted by molar-refractivity contribution is -0.138. The first-order valence-electron chi connectivity index (χ1n) is 8.59. The van der Waals surface area contributed by atoms with E-state index in [1.54, 1.807) is 26.8 Å². The summed E-state index contributed by atoms with van der Waals surface area (Å²) in [5, 5.41) is 0. The van der Waals surface area contributed by atoms with Crippen molar-refractivity contribution in [1.82, 2.24) is 9.80 Å². The third kappa shape index (κ3) is 3.52. The summed E-state index contributed by atoms with van der Waals surface area (Å²) in [4.78, 5) is 27.8. The van der Waals surface area contributed by atoms with E-state index < -0.39 is 35.4 Å². The van der Waals surface area contributed by atoms with E-state index >= 15 is 0 Å². The van der Waals surface area contributed by atoms with Gasteiger partial charge in [-0.3, -0.25) is 4.79 Å². The number of piperazine rings is 1. The van der Waals surface area contributed by atoms with Crippen LogP contribution in [0.15, 0.2) is 18.7 Å². The minimum absolute atomic E-state index is 0.0888. The van der Waals surface area contributed by atoms with Gasteiger partial charge in [0, 0.05) is 19.6 Å². The van der Waals surface area contributed by atoms with E-state index in [9.17, 15) is 22.8 Å². The van der Waals surface area contributed by atoms with Crippen molar-refractivity contribution in [2.75, 3.05) is 19.6 Å². The quantitative estimate of drug-likeness (QED) is 0.735. The summed E-state index contributed by atoms with van der Waals surface area (Å²) < 4.78 is 45.9. The van der Waals surface area contributed by atoms with Crippen LogP contribution in [0.5, 0.6) is 0 Å². The van der Waals surface area contributed by atoms with Gasteiger partial charge < -0.3 is 14.5 Å². The van der Waals surface area contributed by atoms with Crippen molar-refractivity contribution < 1.29 is 27.5 Å². The lowest BCUT2D eigenvalue weighted by atomic mass is 9.95. The molecule has 0 aliphatic carbocycles. The van der Waals surface area contributed by atoms with Gasteiger partial charge in [-0.1, -0.05) is 12.7 Å². The molecule has 146 valence electrons. The number of rotatable bonds is 1. The minimum atomic E-state index is -4.65. The fraction of sp³-hybridized carbons (Fsp3) is 0.474. The van der Waals surface area contributed by atoms with E-state index in [0.717, 1.165) is 6.07 Å². The van der Waals surface area contributed by atoms with E-state index in [1.165, 1.54) is 15.9 Å². The molecule has 0 N–H and O–H groups in total. The lowest BCUT2D eigenvalue weighted by Gasteiger charge is -2.38. The molecule has 0 saturated carbocycles. The van der Waals surface area contributed by atoms with E-state index in [2.05, 4.69) is 6.58 Å². The van der Waals surface area contributed by atoms with Gasteiger partial charge in [-0.15, -0.1) is 0 Å². The summed E-state index contributed by atoms with van der Waals surface area (Å²) in [5.74, 6) is -0.651. The Morgan fingerprint density at radius 3 is 2.48 bits per heavy atom. The van der Waals surface area contributed by atoms with E-state index in [4.69, 9.17) is 4.74 Å². The Hall–Kier alpha value is -2.51. The molecule has 1 aromatic rings. The molecule has 0 unspecified atom stereocenters. The molecule has 0 bridgehead atoms. The van der Waals surface area contributed by atoms with Gasteiger partial charge in [0.25, 0.3) is 5.91 Å². The molecule has 2 aliphatic heterocycles. The molecule has 27 heavy (non-hydrogen) atoms. The molecule has 0 spiro atoms. The maximum absolute atomic E-state index is 13.5. The van der Waals surface area contributed by atoms with E-state index in [1.807, 2.05) is 0 Å². The number of hydrogen-bond donors (Lipinski definition) is 0. The molecular weight excluding hydrogens is 361 g/mol. The van der Waals surface area contributed by atoms with Gasteiger partial charge in [0.2, 0.25) is 0 Å². The maximum Gasteiger partial charge on any atom is 0.417 e. The second kappa shape index (κ2) is 6.28. The molecule has 1 atom stereocenters. The fourth-order valence-corrected chi connectivity index (χ4v) is 3.46. The van der Waals surface area contributed by atoms with Crippen LogP contribution in [0, 0.1) is 0 Å². The van der Waals surface area contributed by atoms with Crippen molar-refractivity contribution in [1.29, 1.82) is 0 Å². The number of halogens is 3. The highest BCUT2D eigenvalue weighted by Crippen LogP contribution is 2.43. The van der Waals surface area contributed by atoms with Crippen molar-refractivity contribution in [3.05, 3.63) is 41.0 Å². The maximum atomic E-state index is 13.5. The minimum Gasteiger partial charge on any atom is -0.444 e. The largest absolute Gasteiger partial charge is 0.444 e. The highest BCUT2D eigenvalue weighted by molar-refractivity contribution is 6.01. The predicted octanol–water partition coefficient (Wildman–Crippen LogP) is 4.10. The fourth-order valence-electron chi connectivity index (χ4n) is 3.46. The highest BCUT2D eigenvalue weighted by atomic mass is 19.4. The first kappa shape index (κ1) is 19.3. The molecule has 0 aromatic heterocycles. The van der Waals surface area contributed by atoms with Gasteiger partial charge in [0.15, 0.2) is 0 Å². The normalized spacial score (nSPS) is 19.6. The van der Waals surface area contributed by atoms with Crippen LogP contribution in [-0.4, -0.2) is 47.0 Å². The molecule has 5 nitrogen and oxygen atoms in total.